The number of carbonyl (C=O) groups excluding carboxylic acids is 2. The van der Waals surface area contributed by atoms with Gasteiger partial charge in [-0.25, -0.2) is 0 Å². The maximum Gasteiger partial charge on any atom is 0.261 e. The third-order valence-electron chi connectivity index (χ3n) is 4.59. The molecule has 6 nitrogen and oxygen atoms in total. The van der Waals surface area contributed by atoms with Crippen LogP contribution >= 0.6 is 12.2 Å². The molecule has 1 aliphatic carbocycles. The number of carbonyl (C=O) groups is 2. The molecule has 0 aliphatic heterocycles. The summed E-state index contributed by atoms with van der Waals surface area (Å²) in [5, 5.41) is 2.64. The second-order valence-corrected chi connectivity index (χ2v) is 7.67. The minimum atomic E-state index is -0.375. The van der Waals surface area contributed by atoms with Crippen LogP contribution in [0.3, 0.4) is 0 Å². The Labute approximate surface area is 166 Å². The summed E-state index contributed by atoms with van der Waals surface area (Å²) < 4.78 is 5.73. The Morgan fingerprint density at radius 1 is 1.15 bits per heavy atom. The summed E-state index contributed by atoms with van der Waals surface area (Å²) in [5.74, 6) is 0.600. The summed E-state index contributed by atoms with van der Waals surface area (Å²) in [7, 11) is 0. The van der Waals surface area contributed by atoms with Gasteiger partial charge in [-0.3, -0.25) is 25.8 Å². The number of nitrogens with one attached hydrogen (secondary N) is 3. The maximum absolute atomic E-state index is 12.5. The highest BCUT2D eigenvalue weighted by molar-refractivity contribution is 7.80. The zero-order valence-electron chi connectivity index (χ0n) is 16.0. The lowest BCUT2D eigenvalue weighted by Gasteiger charge is -2.21. The fourth-order valence-corrected chi connectivity index (χ4v) is 3.12. The molecule has 7 heteroatoms. The molecule has 27 heavy (non-hydrogen) atoms. The number of rotatable bonds is 6. The SMILES string of the molecule is CC(C)CCOc1ccccc1C(=O)NC(=S)NNC(=O)C1CCCCC1. The molecule has 0 bridgehead atoms. The third-order valence-corrected chi connectivity index (χ3v) is 4.79. The maximum atomic E-state index is 12.5. The summed E-state index contributed by atoms with van der Waals surface area (Å²) in [6.45, 7) is 4.78. The van der Waals surface area contributed by atoms with Crippen molar-refractivity contribution in [1.29, 1.82) is 0 Å². The first-order chi connectivity index (χ1) is 13.0. The largest absolute Gasteiger partial charge is 0.493 e. The Balaban J connectivity index is 1.83. The summed E-state index contributed by atoms with van der Waals surface area (Å²) in [6, 6.07) is 7.04. The predicted molar refractivity (Wildman–Crippen MR) is 109 cm³/mol. The van der Waals surface area contributed by atoms with Crippen LogP contribution in [0.2, 0.25) is 0 Å². The fraction of sp³-hybridized carbons (Fsp3) is 0.550. The molecule has 3 N–H and O–H groups in total. The molecule has 0 heterocycles. The van der Waals surface area contributed by atoms with Crippen LogP contribution in [0, 0.1) is 11.8 Å². The number of hydrazine groups is 1. The van der Waals surface area contributed by atoms with Crippen molar-refractivity contribution in [3.8, 4) is 5.75 Å². The van der Waals surface area contributed by atoms with Gasteiger partial charge in [0.25, 0.3) is 5.91 Å². The van der Waals surface area contributed by atoms with Gasteiger partial charge in [-0.05, 0) is 49.5 Å². The highest BCUT2D eigenvalue weighted by Gasteiger charge is 2.21. The summed E-state index contributed by atoms with van der Waals surface area (Å²) >= 11 is 5.12. The van der Waals surface area contributed by atoms with Gasteiger partial charge in [-0.1, -0.05) is 45.2 Å². The Kier molecular flexibility index (Phi) is 8.51. The minimum Gasteiger partial charge on any atom is -0.493 e. The van der Waals surface area contributed by atoms with Crippen LogP contribution in [0.15, 0.2) is 24.3 Å². The van der Waals surface area contributed by atoms with Crippen molar-refractivity contribution >= 4 is 29.1 Å². The summed E-state index contributed by atoms with van der Waals surface area (Å²) in [6.07, 6.45) is 6.04. The zero-order chi connectivity index (χ0) is 19.6. The van der Waals surface area contributed by atoms with E-state index in [2.05, 4.69) is 30.0 Å². The molecule has 2 amide bonds. The average molecular weight is 392 g/mol. The molecule has 148 valence electrons. The number of benzene rings is 1. The Morgan fingerprint density at radius 2 is 1.85 bits per heavy atom. The first-order valence-electron chi connectivity index (χ1n) is 9.60. The second kappa shape index (κ2) is 10.9. The Hall–Kier alpha value is -2.15. The van der Waals surface area contributed by atoms with Crippen molar-refractivity contribution in [1.82, 2.24) is 16.2 Å². The molecule has 0 aromatic heterocycles. The van der Waals surface area contributed by atoms with E-state index in [9.17, 15) is 9.59 Å². The number of hydrogen-bond donors (Lipinski definition) is 3. The Bertz CT molecular complexity index is 658. The monoisotopic (exact) mass is 391 g/mol. The lowest BCUT2D eigenvalue weighted by molar-refractivity contribution is -0.126. The number of ether oxygens (including phenoxy) is 1. The Morgan fingerprint density at radius 3 is 2.56 bits per heavy atom. The number of thiocarbonyl (C=S) groups is 1. The van der Waals surface area contributed by atoms with Crippen molar-refractivity contribution in [3.05, 3.63) is 29.8 Å². The average Bonchev–Trinajstić information content (AvgIpc) is 2.67. The lowest BCUT2D eigenvalue weighted by atomic mass is 9.89. The van der Waals surface area contributed by atoms with Gasteiger partial charge in [0.15, 0.2) is 5.11 Å². The molecule has 1 aromatic carbocycles. The molecule has 1 saturated carbocycles. The summed E-state index contributed by atoms with van der Waals surface area (Å²) in [5.41, 5.74) is 5.62. The van der Waals surface area contributed by atoms with Crippen LogP contribution in [0.4, 0.5) is 0 Å². The van der Waals surface area contributed by atoms with E-state index in [-0.39, 0.29) is 22.8 Å². The molecule has 1 fully saturated rings. The van der Waals surface area contributed by atoms with Crippen LogP contribution < -0.4 is 20.9 Å². The van der Waals surface area contributed by atoms with Gasteiger partial charge in [0, 0.05) is 5.92 Å². The van der Waals surface area contributed by atoms with E-state index in [1.807, 2.05) is 6.07 Å². The number of para-hydroxylation sites is 1. The zero-order valence-corrected chi connectivity index (χ0v) is 16.9. The van der Waals surface area contributed by atoms with E-state index in [1.54, 1.807) is 18.2 Å². The molecule has 0 atom stereocenters. The van der Waals surface area contributed by atoms with Crippen molar-refractivity contribution in [2.75, 3.05) is 6.61 Å². The van der Waals surface area contributed by atoms with E-state index < -0.39 is 0 Å². The van der Waals surface area contributed by atoms with Crippen molar-refractivity contribution in [2.24, 2.45) is 11.8 Å². The van der Waals surface area contributed by atoms with Crippen LogP contribution in [0.1, 0.15) is 62.7 Å². The van der Waals surface area contributed by atoms with E-state index in [1.165, 1.54) is 6.42 Å². The van der Waals surface area contributed by atoms with Gasteiger partial charge in [0.1, 0.15) is 5.75 Å². The van der Waals surface area contributed by atoms with Gasteiger partial charge in [0.05, 0.1) is 12.2 Å². The molecule has 0 unspecified atom stereocenters. The number of hydrogen-bond acceptors (Lipinski definition) is 4. The molecule has 0 spiro atoms. The van der Waals surface area contributed by atoms with Crippen LogP contribution in [0.25, 0.3) is 0 Å². The molecule has 1 aliphatic rings. The van der Waals surface area contributed by atoms with E-state index in [0.717, 1.165) is 32.1 Å². The van der Waals surface area contributed by atoms with Gasteiger partial charge >= 0.3 is 0 Å². The smallest absolute Gasteiger partial charge is 0.261 e. The molecule has 1 aromatic rings. The first-order valence-corrected chi connectivity index (χ1v) is 10.0. The third kappa shape index (κ3) is 7.17. The highest BCUT2D eigenvalue weighted by Crippen LogP contribution is 2.23. The fourth-order valence-electron chi connectivity index (χ4n) is 2.97. The number of amides is 2. The summed E-state index contributed by atoms with van der Waals surface area (Å²) in [4.78, 5) is 24.6. The van der Waals surface area contributed by atoms with Crippen molar-refractivity contribution < 1.29 is 14.3 Å². The predicted octanol–water partition coefficient (Wildman–Crippen LogP) is 3.33. The van der Waals surface area contributed by atoms with Crippen LogP contribution in [-0.4, -0.2) is 23.5 Å². The molecule has 2 rings (SSSR count). The van der Waals surface area contributed by atoms with Gasteiger partial charge < -0.3 is 4.74 Å². The van der Waals surface area contributed by atoms with E-state index in [4.69, 9.17) is 17.0 Å². The first kappa shape index (κ1) is 21.2. The minimum absolute atomic E-state index is 0.0137. The van der Waals surface area contributed by atoms with Gasteiger partial charge in [0.2, 0.25) is 5.91 Å². The van der Waals surface area contributed by atoms with Gasteiger partial charge in [-0.15, -0.1) is 0 Å². The van der Waals surface area contributed by atoms with E-state index >= 15 is 0 Å². The van der Waals surface area contributed by atoms with Crippen LogP contribution in [-0.2, 0) is 4.79 Å². The van der Waals surface area contributed by atoms with Crippen LogP contribution in [0.5, 0.6) is 5.75 Å². The highest BCUT2D eigenvalue weighted by atomic mass is 32.1. The molecule has 0 saturated heterocycles. The second-order valence-electron chi connectivity index (χ2n) is 7.26. The van der Waals surface area contributed by atoms with Crippen molar-refractivity contribution in [2.45, 2.75) is 52.4 Å². The molecular weight excluding hydrogens is 362 g/mol. The van der Waals surface area contributed by atoms with E-state index in [0.29, 0.717) is 23.8 Å². The lowest BCUT2D eigenvalue weighted by Crippen LogP contribution is -2.50. The standard InChI is InChI=1S/C20H29N3O3S/c1-14(2)12-13-26-17-11-7-6-10-16(17)19(25)21-20(27)23-22-18(24)15-8-4-3-5-9-15/h6-7,10-11,14-15H,3-5,8-9,12-13H2,1-2H3,(H,22,24)(H2,21,23,25,27). The molecular formula is C20H29N3O3S. The molecule has 0 radical (unpaired) electrons. The normalized spacial score (nSPS) is 14.5. The topological polar surface area (TPSA) is 79.5 Å². The quantitative estimate of drug-likeness (QED) is 0.512. The van der Waals surface area contributed by atoms with Gasteiger partial charge in [-0.2, -0.15) is 0 Å². The van der Waals surface area contributed by atoms with Crippen molar-refractivity contribution in [3.63, 3.8) is 0 Å².